The van der Waals surface area contributed by atoms with Gasteiger partial charge in [0.2, 0.25) is 0 Å². The number of hydrogen-bond acceptors (Lipinski definition) is 3. The zero-order chi connectivity index (χ0) is 20.7. The van der Waals surface area contributed by atoms with Crippen molar-refractivity contribution < 1.29 is 4.79 Å². The molecule has 0 radical (unpaired) electrons. The smallest absolute Gasteiger partial charge is 0.350 e. The summed E-state index contributed by atoms with van der Waals surface area (Å²) in [5.41, 5.74) is 2.18. The first-order valence-corrected chi connectivity index (χ1v) is 10.2. The Kier molecular flexibility index (Phi) is 4.50. The monoisotopic (exact) mass is 401 g/mol. The predicted molar refractivity (Wildman–Crippen MR) is 115 cm³/mol. The van der Waals surface area contributed by atoms with Crippen molar-refractivity contribution in [2.45, 2.75) is 18.8 Å². The van der Waals surface area contributed by atoms with Gasteiger partial charge in [-0.3, -0.25) is 4.79 Å². The van der Waals surface area contributed by atoms with Gasteiger partial charge in [-0.15, -0.1) is 0 Å². The van der Waals surface area contributed by atoms with Crippen molar-refractivity contribution in [1.29, 1.82) is 0 Å². The lowest BCUT2D eigenvalue weighted by Crippen LogP contribution is -2.40. The molecule has 2 aromatic carbocycles. The van der Waals surface area contributed by atoms with Crippen LogP contribution in [0.25, 0.3) is 16.6 Å². The van der Waals surface area contributed by atoms with Crippen molar-refractivity contribution in [3.8, 4) is 5.69 Å². The molecular weight excluding hydrogens is 378 g/mol. The van der Waals surface area contributed by atoms with Crippen LogP contribution in [0.15, 0.2) is 65.5 Å². The lowest BCUT2D eigenvalue weighted by molar-refractivity contribution is 0.0699. The lowest BCUT2D eigenvalue weighted by Gasteiger charge is -2.32. The van der Waals surface area contributed by atoms with Gasteiger partial charge in [0.25, 0.3) is 5.91 Å². The average molecular weight is 401 g/mol. The molecule has 5 rings (SSSR count). The summed E-state index contributed by atoms with van der Waals surface area (Å²) in [7, 11) is 1.67. The molecule has 1 aliphatic rings. The number of para-hydroxylation sites is 2. The molecule has 1 fully saturated rings. The molecule has 1 unspecified atom stereocenters. The van der Waals surface area contributed by atoms with E-state index in [0.717, 1.165) is 29.4 Å². The van der Waals surface area contributed by atoms with Crippen LogP contribution in [0.4, 0.5) is 0 Å². The number of rotatable bonds is 3. The number of carbonyl (C=O) groups excluding carboxylic acids is 1. The fourth-order valence-corrected chi connectivity index (χ4v) is 4.30. The van der Waals surface area contributed by atoms with Gasteiger partial charge in [-0.25, -0.2) is 14.0 Å². The van der Waals surface area contributed by atoms with Crippen molar-refractivity contribution in [3.05, 3.63) is 82.7 Å². The maximum absolute atomic E-state index is 13.2. The molecule has 1 N–H and O–H groups in total. The zero-order valence-corrected chi connectivity index (χ0v) is 16.8. The highest BCUT2D eigenvalue weighted by Gasteiger charge is 2.30. The maximum Gasteiger partial charge on any atom is 0.350 e. The molecule has 7 nitrogen and oxygen atoms in total. The summed E-state index contributed by atoms with van der Waals surface area (Å²) in [6.07, 6.45) is 1.76. The van der Waals surface area contributed by atoms with E-state index in [1.165, 1.54) is 4.68 Å². The number of aromatic nitrogens is 4. The third-order valence-corrected chi connectivity index (χ3v) is 5.80. The second-order valence-electron chi connectivity index (χ2n) is 7.80. The lowest BCUT2D eigenvalue weighted by atomic mass is 9.96. The first-order chi connectivity index (χ1) is 14.6. The quantitative estimate of drug-likeness (QED) is 0.573. The number of aryl methyl sites for hydroxylation is 1. The highest BCUT2D eigenvalue weighted by molar-refractivity contribution is 5.98. The van der Waals surface area contributed by atoms with Crippen molar-refractivity contribution in [3.63, 3.8) is 0 Å². The van der Waals surface area contributed by atoms with E-state index in [9.17, 15) is 9.59 Å². The molecule has 1 saturated heterocycles. The Hall–Kier alpha value is -3.61. The minimum Gasteiger partial charge on any atom is -0.351 e. The summed E-state index contributed by atoms with van der Waals surface area (Å²) in [6, 6.07) is 19.3. The van der Waals surface area contributed by atoms with Crippen LogP contribution in [0.1, 0.15) is 35.1 Å². The largest absolute Gasteiger partial charge is 0.351 e. The van der Waals surface area contributed by atoms with Gasteiger partial charge in [0, 0.05) is 37.0 Å². The van der Waals surface area contributed by atoms with E-state index in [4.69, 9.17) is 0 Å². The third-order valence-electron chi connectivity index (χ3n) is 5.80. The van der Waals surface area contributed by atoms with E-state index in [1.807, 2.05) is 65.6 Å². The Morgan fingerprint density at radius 1 is 1.10 bits per heavy atom. The average Bonchev–Trinajstić information content (AvgIpc) is 3.35. The molecule has 30 heavy (non-hydrogen) atoms. The number of piperidine rings is 1. The van der Waals surface area contributed by atoms with Crippen LogP contribution in [-0.2, 0) is 7.05 Å². The number of fused-ring (bicyclic) bond motifs is 1. The van der Waals surface area contributed by atoms with Crippen LogP contribution < -0.4 is 5.69 Å². The van der Waals surface area contributed by atoms with Crippen molar-refractivity contribution >= 4 is 16.8 Å². The Balaban J connectivity index is 1.46. The van der Waals surface area contributed by atoms with Crippen molar-refractivity contribution in [2.75, 3.05) is 13.1 Å². The zero-order valence-electron chi connectivity index (χ0n) is 16.8. The minimum atomic E-state index is -0.171. The summed E-state index contributed by atoms with van der Waals surface area (Å²) in [5, 5.41) is 5.56. The van der Waals surface area contributed by atoms with E-state index in [2.05, 4.69) is 10.1 Å². The van der Waals surface area contributed by atoms with Crippen molar-refractivity contribution in [2.24, 2.45) is 7.05 Å². The summed E-state index contributed by atoms with van der Waals surface area (Å²) in [5.74, 6) is 0.699. The molecule has 4 aromatic rings. The van der Waals surface area contributed by atoms with Gasteiger partial charge in [-0.1, -0.05) is 36.4 Å². The van der Waals surface area contributed by atoms with Crippen LogP contribution in [-0.4, -0.2) is 43.2 Å². The van der Waals surface area contributed by atoms with Gasteiger partial charge < -0.3 is 9.88 Å². The van der Waals surface area contributed by atoms with Crippen LogP contribution in [0.5, 0.6) is 0 Å². The molecule has 0 saturated carbocycles. The first kappa shape index (κ1) is 18.4. The van der Waals surface area contributed by atoms with E-state index >= 15 is 0 Å². The molecule has 7 heteroatoms. The Bertz CT molecular complexity index is 1230. The van der Waals surface area contributed by atoms with E-state index in [0.29, 0.717) is 24.6 Å². The van der Waals surface area contributed by atoms with Crippen LogP contribution >= 0.6 is 0 Å². The van der Waals surface area contributed by atoms with Gasteiger partial charge in [0.1, 0.15) is 11.5 Å². The highest BCUT2D eigenvalue weighted by atomic mass is 16.2. The number of H-pyrrole nitrogens is 1. The standard InChI is InChI=1S/C23H23N5O2/c1-26-23(30)28(18-10-3-2-4-11-18)21(25-26)17-9-7-13-27(15-17)22(29)20-14-16-8-5-6-12-19(16)24-20/h2-6,8,10-12,14,17,24H,7,9,13,15H2,1H3. The normalized spacial score (nSPS) is 16.8. The summed E-state index contributed by atoms with van der Waals surface area (Å²) >= 11 is 0. The number of nitrogens with one attached hydrogen (secondary N) is 1. The molecular formula is C23H23N5O2. The van der Waals surface area contributed by atoms with Crippen LogP contribution in [0, 0.1) is 0 Å². The first-order valence-electron chi connectivity index (χ1n) is 10.2. The van der Waals surface area contributed by atoms with E-state index < -0.39 is 0 Å². The summed E-state index contributed by atoms with van der Waals surface area (Å²) in [4.78, 5) is 31.0. The molecule has 0 bridgehead atoms. The minimum absolute atomic E-state index is 0.00110. The fourth-order valence-electron chi connectivity index (χ4n) is 4.30. The number of hydrogen-bond donors (Lipinski definition) is 1. The molecule has 0 aliphatic carbocycles. The molecule has 1 amide bonds. The van der Waals surface area contributed by atoms with Gasteiger partial charge in [-0.05, 0) is 37.1 Å². The summed E-state index contributed by atoms with van der Waals surface area (Å²) < 4.78 is 3.04. The molecule has 152 valence electrons. The van der Waals surface area contributed by atoms with E-state index in [1.54, 1.807) is 11.6 Å². The van der Waals surface area contributed by atoms with Crippen LogP contribution in [0.2, 0.25) is 0 Å². The van der Waals surface area contributed by atoms with Gasteiger partial charge in [0.05, 0.1) is 5.69 Å². The second kappa shape index (κ2) is 7.33. The topological polar surface area (TPSA) is 75.9 Å². The predicted octanol–water partition coefficient (Wildman–Crippen LogP) is 3.07. The number of amides is 1. The highest BCUT2D eigenvalue weighted by Crippen LogP contribution is 2.28. The molecule has 0 spiro atoms. The molecule has 2 aromatic heterocycles. The SMILES string of the molecule is Cn1nc(C2CCCN(C(=O)c3cc4ccccc4[nH]3)C2)n(-c2ccccc2)c1=O. The fraction of sp³-hybridized carbons (Fsp3) is 0.261. The molecule has 1 atom stereocenters. The number of carbonyl (C=O) groups is 1. The molecule has 3 heterocycles. The molecule has 1 aliphatic heterocycles. The number of likely N-dealkylation sites (tertiary alicyclic amines) is 1. The Morgan fingerprint density at radius 3 is 2.67 bits per heavy atom. The maximum atomic E-state index is 13.2. The van der Waals surface area contributed by atoms with Crippen LogP contribution in [0.3, 0.4) is 0 Å². The van der Waals surface area contributed by atoms with Gasteiger partial charge in [0.15, 0.2) is 0 Å². The second-order valence-corrected chi connectivity index (χ2v) is 7.80. The van der Waals surface area contributed by atoms with Gasteiger partial charge in [-0.2, -0.15) is 5.10 Å². The Labute approximate surface area is 173 Å². The van der Waals surface area contributed by atoms with E-state index in [-0.39, 0.29) is 17.5 Å². The number of aromatic amines is 1. The third kappa shape index (κ3) is 3.12. The Morgan fingerprint density at radius 2 is 1.87 bits per heavy atom. The number of nitrogens with zero attached hydrogens (tertiary/aromatic N) is 4. The number of benzene rings is 2. The van der Waals surface area contributed by atoms with Gasteiger partial charge >= 0.3 is 5.69 Å². The van der Waals surface area contributed by atoms with Crippen molar-refractivity contribution in [1.82, 2.24) is 24.2 Å². The summed E-state index contributed by atoms with van der Waals surface area (Å²) in [6.45, 7) is 1.24.